The number of hydrogen-bond acceptors (Lipinski definition) is 3. The van der Waals surface area contributed by atoms with Gasteiger partial charge in [0.25, 0.3) is 0 Å². The number of rotatable bonds is 6. The van der Waals surface area contributed by atoms with Crippen LogP contribution in [0.2, 0.25) is 0 Å². The van der Waals surface area contributed by atoms with Crippen molar-refractivity contribution in [3.05, 3.63) is 66.2 Å². The van der Waals surface area contributed by atoms with E-state index >= 15 is 0 Å². The van der Waals surface area contributed by atoms with E-state index in [2.05, 4.69) is 11.8 Å². The van der Waals surface area contributed by atoms with Crippen LogP contribution in [0.5, 0.6) is 0 Å². The molecular weight excluding hydrogens is 336 g/mol. The second-order valence-electron chi connectivity index (χ2n) is 7.48. The zero-order valence-corrected chi connectivity index (χ0v) is 16.3. The first-order chi connectivity index (χ1) is 13.0. The van der Waals surface area contributed by atoms with Gasteiger partial charge in [-0.3, -0.25) is 9.69 Å². The van der Waals surface area contributed by atoms with Gasteiger partial charge in [0, 0.05) is 37.8 Å². The molecule has 0 aliphatic carbocycles. The number of anilines is 1. The third-order valence-corrected chi connectivity index (χ3v) is 5.68. The highest BCUT2D eigenvalue weighted by Gasteiger charge is 2.35. The van der Waals surface area contributed by atoms with E-state index < -0.39 is 5.60 Å². The smallest absolute Gasteiger partial charge is 0.226 e. The molecule has 0 bridgehead atoms. The molecule has 0 aromatic heterocycles. The van der Waals surface area contributed by atoms with Gasteiger partial charge in [-0.05, 0) is 37.5 Å². The second-order valence-corrected chi connectivity index (χ2v) is 7.48. The molecule has 0 saturated carbocycles. The van der Waals surface area contributed by atoms with Gasteiger partial charge >= 0.3 is 0 Å². The molecule has 1 amide bonds. The van der Waals surface area contributed by atoms with Crippen LogP contribution in [0.15, 0.2) is 60.7 Å². The number of likely N-dealkylation sites (tertiary alicyclic amines) is 1. The maximum absolute atomic E-state index is 12.5. The Kier molecular flexibility index (Phi) is 6.30. The molecule has 1 aliphatic heterocycles. The predicted octanol–water partition coefficient (Wildman–Crippen LogP) is 3.80. The van der Waals surface area contributed by atoms with Crippen molar-refractivity contribution in [2.75, 3.05) is 24.5 Å². The average Bonchev–Trinajstić information content (AvgIpc) is 2.73. The molecular formula is C23H30N2O2. The minimum absolute atomic E-state index is 0.144. The first kappa shape index (κ1) is 19.6. The van der Waals surface area contributed by atoms with Gasteiger partial charge in [-0.2, -0.15) is 0 Å². The number of carbonyl (C=O) groups excluding carboxylic acids is 1. The summed E-state index contributed by atoms with van der Waals surface area (Å²) in [5.74, 6) is 0.144. The average molecular weight is 367 g/mol. The molecule has 2 aromatic carbocycles. The molecule has 1 unspecified atom stereocenters. The van der Waals surface area contributed by atoms with Crippen molar-refractivity contribution in [1.29, 1.82) is 0 Å². The number of piperidine rings is 1. The second kappa shape index (κ2) is 8.68. The fourth-order valence-electron chi connectivity index (χ4n) is 3.90. The molecule has 144 valence electrons. The highest BCUT2D eigenvalue weighted by molar-refractivity contribution is 5.93. The topological polar surface area (TPSA) is 43.8 Å². The Bertz CT molecular complexity index is 725. The third-order valence-electron chi connectivity index (χ3n) is 5.68. The van der Waals surface area contributed by atoms with Crippen LogP contribution in [-0.4, -0.2) is 41.6 Å². The zero-order valence-electron chi connectivity index (χ0n) is 16.3. The van der Waals surface area contributed by atoms with Crippen LogP contribution in [0.4, 0.5) is 5.69 Å². The summed E-state index contributed by atoms with van der Waals surface area (Å²) in [4.78, 5) is 16.8. The standard InChI is InChI=1S/C23H30N2O2/c1-3-22(26)25(21-12-8-5-9-13-21)18-19(2)24-16-14-23(27,15-17-24)20-10-6-4-7-11-20/h4-13,19,27H,3,14-18H2,1-2H3. The summed E-state index contributed by atoms with van der Waals surface area (Å²) in [6.07, 6.45) is 1.93. The molecule has 1 aliphatic rings. The van der Waals surface area contributed by atoms with E-state index in [1.165, 1.54) is 0 Å². The van der Waals surface area contributed by atoms with Crippen molar-refractivity contribution in [3.63, 3.8) is 0 Å². The van der Waals surface area contributed by atoms with Crippen molar-refractivity contribution >= 4 is 11.6 Å². The number of benzene rings is 2. The fraction of sp³-hybridized carbons (Fsp3) is 0.435. The molecule has 0 spiro atoms. The van der Waals surface area contributed by atoms with E-state index in [1.54, 1.807) is 0 Å². The number of nitrogens with zero attached hydrogens (tertiary/aromatic N) is 2. The largest absolute Gasteiger partial charge is 0.385 e. The molecule has 2 aromatic rings. The number of carbonyl (C=O) groups is 1. The van der Waals surface area contributed by atoms with E-state index in [-0.39, 0.29) is 11.9 Å². The summed E-state index contributed by atoms with van der Waals surface area (Å²) in [5.41, 5.74) is 1.22. The number of aliphatic hydroxyl groups is 1. The van der Waals surface area contributed by atoms with Crippen LogP contribution in [0, 0.1) is 0 Å². The summed E-state index contributed by atoms with van der Waals surface area (Å²) in [7, 11) is 0. The SMILES string of the molecule is CCC(=O)N(CC(C)N1CCC(O)(c2ccccc2)CC1)c1ccccc1. The minimum atomic E-state index is -0.740. The fourth-order valence-corrected chi connectivity index (χ4v) is 3.90. The Labute approximate surface area is 162 Å². The van der Waals surface area contributed by atoms with Crippen molar-refractivity contribution < 1.29 is 9.90 Å². The molecule has 4 nitrogen and oxygen atoms in total. The highest BCUT2D eigenvalue weighted by atomic mass is 16.3. The van der Waals surface area contributed by atoms with Gasteiger partial charge in [0.05, 0.1) is 5.60 Å². The number of hydrogen-bond donors (Lipinski definition) is 1. The summed E-state index contributed by atoms with van der Waals surface area (Å²) in [6, 6.07) is 20.1. The van der Waals surface area contributed by atoms with Gasteiger partial charge in [-0.1, -0.05) is 55.5 Å². The van der Waals surface area contributed by atoms with E-state index in [0.717, 1.165) is 24.3 Å². The molecule has 4 heteroatoms. The first-order valence-electron chi connectivity index (χ1n) is 9.91. The summed E-state index contributed by atoms with van der Waals surface area (Å²) in [6.45, 7) is 6.40. The van der Waals surface area contributed by atoms with Gasteiger partial charge in [0.15, 0.2) is 0 Å². The maximum atomic E-state index is 12.5. The monoisotopic (exact) mass is 366 g/mol. The van der Waals surface area contributed by atoms with Gasteiger partial charge in [0.2, 0.25) is 5.91 Å². The van der Waals surface area contributed by atoms with Gasteiger partial charge < -0.3 is 10.0 Å². The van der Waals surface area contributed by atoms with Crippen LogP contribution in [0.3, 0.4) is 0 Å². The van der Waals surface area contributed by atoms with Crippen LogP contribution in [0.25, 0.3) is 0 Å². The molecule has 27 heavy (non-hydrogen) atoms. The molecule has 1 heterocycles. The quantitative estimate of drug-likeness (QED) is 0.846. The Morgan fingerprint density at radius 3 is 2.19 bits per heavy atom. The van der Waals surface area contributed by atoms with Crippen molar-refractivity contribution in [2.45, 2.75) is 44.8 Å². The summed E-state index contributed by atoms with van der Waals surface area (Å²) < 4.78 is 0. The van der Waals surface area contributed by atoms with E-state index in [9.17, 15) is 9.90 Å². The molecule has 0 radical (unpaired) electrons. The van der Waals surface area contributed by atoms with Gasteiger partial charge in [-0.25, -0.2) is 0 Å². The van der Waals surface area contributed by atoms with E-state index in [1.807, 2.05) is 72.5 Å². The van der Waals surface area contributed by atoms with Crippen LogP contribution in [0.1, 0.15) is 38.7 Å². The highest BCUT2D eigenvalue weighted by Crippen LogP contribution is 2.33. The van der Waals surface area contributed by atoms with Crippen molar-refractivity contribution in [2.24, 2.45) is 0 Å². The summed E-state index contributed by atoms with van der Waals surface area (Å²) >= 11 is 0. The van der Waals surface area contributed by atoms with Gasteiger partial charge in [-0.15, -0.1) is 0 Å². The minimum Gasteiger partial charge on any atom is -0.385 e. The normalized spacial score (nSPS) is 18.0. The zero-order chi connectivity index (χ0) is 19.3. The Morgan fingerprint density at radius 1 is 1.07 bits per heavy atom. The third kappa shape index (κ3) is 4.57. The summed E-state index contributed by atoms with van der Waals surface area (Å²) in [5, 5.41) is 11.0. The molecule has 1 saturated heterocycles. The Hall–Kier alpha value is -2.17. The number of para-hydroxylation sites is 1. The van der Waals surface area contributed by atoms with E-state index in [4.69, 9.17) is 0 Å². The molecule has 1 fully saturated rings. The van der Waals surface area contributed by atoms with E-state index in [0.29, 0.717) is 25.8 Å². The van der Waals surface area contributed by atoms with Crippen molar-refractivity contribution in [1.82, 2.24) is 4.90 Å². The Morgan fingerprint density at radius 2 is 1.63 bits per heavy atom. The lowest BCUT2D eigenvalue weighted by Crippen LogP contribution is -2.50. The maximum Gasteiger partial charge on any atom is 0.226 e. The molecule has 1 atom stereocenters. The lowest BCUT2D eigenvalue weighted by Gasteiger charge is -2.42. The molecule has 1 N–H and O–H groups in total. The predicted molar refractivity (Wildman–Crippen MR) is 110 cm³/mol. The lowest BCUT2D eigenvalue weighted by molar-refractivity contribution is -0.118. The van der Waals surface area contributed by atoms with Crippen LogP contribution < -0.4 is 4.90 Å². The lowest BCUT2D eigenvalue weighted by atomic mass is 9.84. The van der Waals surface area contributed by atoms with Crippen LogP contribution in [-0.2, 0) is 10.4 Å². The Balaban J connectivity index is 1.64. The van der Waals surface area contributed by atoms with Crippen LogP contribution >= 0.6 is 0 Å². The number of amides is 1. The molecule has 3 rings (SSSR count). The van der Waals surface area contributed by atoms with Crippen molar-refractivity contribution in [3.8, 4) is 0 Å². The first-order valence-corrected chi connectivity index (χ1v) is 9.91. The van der Waals surface area contributed by atoms with Gasteiger partial charge in [0.1, 0.15) is 0 Å².